The smallest absolute Gasteiger partial charge is 0.102 e. The van der Waals surface area contributed by atoms with E-state index in [4.69, 9.17) is 11.6 Å². The van der Waals surface area contributed by atoms with Gasteiger partial charge in [-0.3, -0.25) is 0 Å². The minimum Gasteiger partial charge on any atom is -0.242 e. The van der Waals surface area contributed by atoms with E-state index in [0.29, 0.717) is 6.54 Å². The number of rotatable bonds is 1. The van der Waals surface area contributed by atoms with E-state index in [9.17, 15) is 4.21 Å². The van der Waals surface area contributed by atoms with Crippen LogP contribution in [0.15, 0.2) is 23.1 Å². The van der Waals surface area contributed by atoms with Gasteiger partial charge in [-0.15, -0.1) is 0 Å². The Morgan fingerprint density at radius 2 is 2.38 bits per heavy atom. The molecule has 1 aromatic rings. The highest BCUT2D eigenvalue weighted by Crippen LogP contribution is 2.40. The van der Waals surface area contributed by atoms with E-state index < -0.39 is 11.0 Å². The molecule has 1 atom stereocenters. The number of halogens is 1. The summed E-state index contributed by atoms with van der Waals surface area (Å²) in [6.07, 6.45) is 1.67. The van der Waals surface area contributed by atoms with E-state index in [0.717, 1.165) is 15.5 Å². The molecule has 0 N–H and O–H groups in total. The summed E-state index contributed by atoms with van der Waals surface area (Å²) in [6, 6.07) is 5.79. The lowest BCUT2D eigenvalue weighted by Gasteiger charge is -2.06. The molecule has 1 aliphatic rings. The van der Waals surface area contributed by atoms with Crippen molar-refractivity contribution in [3.63, 3.8) is 0 Å². The van der Waals surface area contributed by atoms with Crippen LogP contribution in [0.2, 0.25) is 5.02 Å². The van der Waals surface area contributed by atoms with Gasteiger partial charge in [-0.1, -0.05) is 23.7 Å². The van der Waals surface area contributed by atoms with Crippen molar-refractivity contribution in [2.75, 3.05) is 6.26 Å². The van der Waals surface area contributed by atoms with Crippen LogP contribution in [0, 0.1) is 0 Å². The van der Waals surface area contributed by atoms with Gasteiger partial charge in [0.15, 0.2) is 0 Å². The summed E-state index contributed by atoms with van der Waals surface area (Å²) < 4.78 is 13.0. The van der Waals surface area contributed by atoms with Gasteiger partial charge < -0.3 is 0 Å². The number of benzene rings is 1. The summed E-state index contributed by atoms with van der Waals surface area (Å²) in [5.41, 5.74) is 1.16. The molecule has 1 unspecified atom stereocenters. The Labute approximate surface area is 89.0 Å². The van der Waals surface area contributed by atoms with Crippen LogP contribution < -0.4 is 0 Å². The van der Waals surface area contributed by atoms with E-state index in [1.54, 1.807) is 6.26 Å². The summed E-state index contributed by atoms with van der Waals surface area (Å²) in [6.45, 7) is 0.712. The normalized spacial score (nSPS) is 18.6. The molecule has 2 rings (SSSR count). The van der Waals surface area contributed by atoms with Gasteiger partial charge in [0.05, 0.1) is 5.02 Å². The highest BCUT2D eigenvalue weighted by atomic mass is 35.5. The molecular formula is C8H8ClNOS2. The fourth-order valence-electron chi connectivity index (χ4n) is 1.20. The second-order valence-electron chi connectivity index (χ2n) is 2.73. The molecule has 0 saturated carbocycles. The van der Waals surface area contributed by atoms with Gasteiger partial charge in [0.25, 0.3) is 0 Å². The molecule has 0 aromatic heterocycles. The van der Waals surface area contributed by atoms with Crippen LogP contribution in [-0.2, 0) is 17.5 Å². The lowest BCUT2D eigenvalue weighted by molar-refractivity contribution is 0.638. The Balaban J connectivity index is 2.35. The van der Waals surface area contributed by atoms with Crippen LogP contribution in [0.5, 0.6) is 0 Å². The molecule has 0 bridgehead atoms. The van der Waals surface area contributed by atoms with Crippen LogP contribution in [0.25, 0.3) is 0 Å². The quantitative estimate of drug-likeness (QED) is 0.695. The fraction of sp³-hybridized carbons (Fsp3) is 0.250. The first-order valence-corrected chi connectivity index (χ1v) is 6.41. The first kappa shape index (κ1) is 9.52. The molecule has 0 saturated heterocycles. The Hall–Kier alpha value is -0.0300. The second-order valence-corrected chi connectivity index (χ2v) is 5.69. The van der Waals surface area contributed by atoms with Gasteiger partial charge in [-0.25, -0.2) is 4.21 Å². The van der Waals surface area contributed by atoms with Crippen molar-refractivity contribution >= 4 is 34.5 Å². The van der Waals surface area contributed by atoms with Gasteiger partial charge in [0.2, 0.25) is 0 Å². The summed E-state index contributed by atoms with van der Waals surface area (Å²) in [7, 11) is -0.938. The first-order valence-electron chi connectivity index (χ1n) is 3.75. The van der Waals surface area contributed by atoms with Crippen LogP contribution >= 0.6 is 23.5 Å². The molecule has 0 fully saturated rings. The van der Waals surface area contributed by atoms with Crippen molar-refractivity contribution in [2.24, 2.45) is 0 Å². The highest BCUT2D eigenvalue weighted by Gasteiger charge is 2.24. The average molecular weight is 234 g/mol. The summed E-state index contributed by atoms with van der Waals surface area (Å²) in [5, 5.41) is 0.746. The van der Waals surface area contributed by atoms with Gasteiger partial charge >= 0.3 is 0 Å². The zero-order chi connectivity index (χ0) is 9.42. The van der Waals surface area contributed by atoms with Gasteiger partial charge in [-0.2, -0.15) is 3.71 Å². The van der Waals surface area contributed by atoms with Crippen molar-refractivity contribution in [3.05, 3.63) is 28.8 Å². The maximum Gasteiger partial charge on any atom is 0.102 e. The maximum absolute atomic E-state index is 11.2. The van der Waals surface area contributed by atoms with E-state index in [1.165, 1.54) is 11.9 Å². The van der Waals surface area contributed by atoms with Crippen molar-refractivity contribution in [1.82, 2.24) is 3.71 Å². The van der Waals surface area contributed by atoms with E-state index in [-0.39, 0.29) is 0 Å². The summed E-state index contributed by atoms with van der Waals surface area (Å²) in [5.74, 6) is 0. The van der Waals surface area contributed by atoms with Crippen molar-refractivity contribution in [1.29, 1.82) is 0 Å². The SMILES string of the molecule is CS(=O)N1Cc2cccc(Cl)c2S1. The molecule has 1 aliphatic heterocycles. The van der Waals surface area contributed by atoms with Gasteiger partial charge in [-0.05, 0) is 23.6 Å². The predicted octanol–water partition coefficient (Wildman–Crippen LogP) is 2.46. The lowest BCUT2D eigenvalue weighted by Crippen LogP contribution is -2.11. The Bertz CT molecular complexity index is 369. The molecule has 5 heteroatoms. The molecule has 70 valence electrons. The van der Waals surface area contributed by atoms with Crippen LogP contribution in [0.3, 0.4) is 0 Å². The first-order chi connectivity index (χ1) is 6.18. The fourth-order valence-corrected chi connectivity index (χ4v) is 3.27. The molecule has 0 spiro atoms. The molecule has 1 heterocycles. The van der Waals surface area contributed by atoms with E-state index >= 15 is 0 Å². The largest absolute Gasteiger partial charge is 0.242 e. The van der Waals surface area contributed by atoms with E-state index in [2.05, 4.69) is 0 Å². The van der Waals surface area contributed by atoms with E-state index in [1.807, 2.05) is 21.9 Å². The molecular weight excluding hydrogens is 226 g/mol. The number of hydrogen-bond acceptors (Lipinski definition) is 2. The Morgan fingerprint density at radius 1 is 1.62 bits per heavy atom. The number of fused-ring (bicyclic) bond motifs is 1. The lowest BCUT2D eigenvalue weighted by atomic mass is 10.2. The zero-order valence-electron chi connectivity index (χ0n) is 6.99. The average Bonchev–Trinajstić information content (AvgIpc) is 2.49. The van der Waals surface area contributed by atoms with Gasteiger partial charge in [0.1, 0.15) is 11.0 Å². The molecule has 0 amide bonds. The monoisotopic (exact) mass is 233 g/mol. The minimum atomic E-state index is -0.938. The van der Waals surface area contributed by atoms with Gasteiger partial charge in [0, 0.05) is 17.7 Å². The molecule has 2 nitrogen and oxygen atoms in total. The number of hydrogen-bond donors (Lipinski definition) is 0. The molecule has 1 aromatic carbocycles. The Morgan fingerprint density at radius 3 is 3.00 bits per heavy atom. The third-order valence-corrected chi connectivity index (χ3v) is 4.81. The molecule has 0 radical (unpaired) electrons. The van der Waals surface area contributed by atoms with Crippen LogP contribution in [0.4, 0.5) is 0 Å². The summed E-state index contributed by atoms with van der Waals surface area (Å²) in [4.78, 5) is 1.04. The standard InChI is InChI=1S/C8H8ClNOS2/c1-13(11)10-5-6-3-2-4-7(9)8(6)12-10/h2-4H,5H2,1H3. The third kappa shape index (κ3) is 1.76. The number of nitrogens with zero attached hydrogens (tertiary/aromatic N) is 1. The van der Waals surface area contributed by atoms with Crippen molar-refractivity contribution < 1.29 is 4.21 Å². The Kier molecular flexibility index (Phi) is 2.65. The highest BCUT2D eigenvalue weighted by molar-refractivity contribution is 8.06. The minimum absolute atomic E-state index is 0.712. The summed E-state index contributed by atoms with van der Waals surface area (Å²) >= 11 is 7.47. The second kappa shape index (κ2) is 3.61. The van der Waals surface area contributed by atoms with Crippen molar-refractivity contribution in [2.45, 2.75) is 11.4 Å². The molecule has 13 heavy (non-hydrogen) atoms. The third-order valence-electron chi connectivity index (χ3n) is 1.83. The van der Waals surface area contributed by atoms with Crippen LogP contribution in [-0.4, -0.2) is 14.2 Å². The van der Waals surface area contributed by atoms with Crippen molar-refractivity contribution in [3.8, 4) is 0 Å². The maximum atomic E-state index is 11.2. The van der Waals surface area contributed by atoms with Crippen LogP contribution in [0.1, 0.15) is 5.56 Å². The predicted molar refractivity (Wildman–Crippen MR) is 56.9 cm³/mol. The zero-order valence-corrected chi connectivity index (χ0v) is 9.38. The molecule has 0 aliphatic carbocycles. The topological polar surface area (TPSA) is 20.3 Å².